The monoisotopic (exact) mass is 365 g/mol. The summed E-state index contributed by atoms with van der Waals surface area (Å²) in [7, 11) is 0. The molecule has 0 aromatic carbocycles. The first-order chi connectivity index (χ1) is 9.27. The van der Waals surface area contributed by atoms with E-state index >= 15 is 0 Å². The van der Waals surface area contributed by atoms with E-state index in [2.05, 4.69) is 23.3 Å². The number of hydrogen-bond donors (Lipinski definition) is 6. The maximum atomic E-state index is 11.5. The van der Waals surface area contributed by atoms with Crippen molar-refractivity contribution in [3.05, 3.63) is 0 Å². The molecule has 0 saturated heterocycles. The third kappa shape index (κ3) is 10.1. The molecular formula is C10H17N3NiO6S. The van der Waals surface area contributed by atoms with Gasteiger partial charge in [0, 0.05) is 28.7 Å². The van der Waals surface area contributed by atoms with Gasteiger partial charge in [0.1, 0.15) is 18.6 Å². The van der Waals surface area contributed by atoms with Crippen molar-refractivity contribution in [2.75, 3.05) is 12.3 Å². The van der Waals surface area contributed by atoms with Crippen LogP contribution in [0.3, 0.4) is 0 Å². The van der Waals surface area contributed by atoms with Crippen LogP contribution in [0.1, 0.15) is 12.8 Å². The number of rotatable bonds is 9. The van der Waals surface area contributed by atoms with Gasteiger partial charge < -0.3 is 26.6 Å². The van der Waals surface area contributed by atoms with E-state index in [9.17, 15) is 19.2 Å². The Morgan fingerprint density at radius 2 is 1.76 bits per heavy atom. The number of carbonyl (C=O) groups is 4. The SMILES string of the molecule is N[C@@H](CCC(=O)N[C@@H](CS)C(=O)NCC(=O)O)C(=O)O.[Ni]. The van der Waals surface area contributed by atoms with Crippen LogP contribution in [0.5, 0.6) is 0 Å². The molecule has 9 nitrogen and oxygen atoms in total. The largest absolute Gasteiger partial charge is 0.480 e. The molecule has 21 heavy (non-hydrogen) atoms. The molecule has 0 saturated carbocycles. The van der Waals surface area contributed by atoms with Crippen molar-refractivity contribution < 1.29 is 45.9 Å². The molecule has 0 spiro atoms. The number of carboxylic acids is 2. The molecular weight excluding hydrogens is 349 g/mol. The Morgan fingerprint density at radius 1 is 1.19 bits per heavy atom. The second-order valence-corrected chi connectivity index (χ2v) is 4.26. The normalized spacial score (nSPS) is 12.5. The number of amides is 2. The maximum absolute atomic E-state index is 11.5. The number of nitrogens with two attached hydrogens (primary N) is 1. The molecule has 11 heteroatoms. The molecule has 0 unspecified atom stereocenters. The summed E-state index contributed by atoms with van der Waals surface area (Å²) in [6.45, 7) is -0.567. The van der Waals surface area contributed by atoms with E-state index in [1.165, 1.54) is 0 Å². The summed E-state index contributed by atoms with van der Waals surface area (Å²) in [5.41, 5.74) is 5.23. The number of thiol groups is 1. The molecule has 124 valence electrons. The van der Waals surface area contributed by atoms with Crippen LogP contribution >= 0.6 is 12.6 Å². The van der Waals surface area contributed by atoms with Gasteiger partial charge >= 0.3 is 11.9 Å². The maximum Gasteiger partial charge on any atom is 0.322 e. The average molecular weight is 366 g/mol. The molecule has 0 aliphatic rings. The van der Waals surface area contributed by atoms with Crippen LogP contribution in [0.4, 0.5) is 0 Å². The second kappa shape index (κ2) is 11.4. The fourth-order valence-electron chi connectivity index (χ4n) is 1.16. The molecule has 0 rings (SSSR count). The number of hydrogen-bond acceptors (Lipinski definition) is 6. The van der Waals surface area contributed by atoms with Crippen molar-refractivity contribution in [2.24, 2.45) is 5.73 Å². The van der Waals surface area contributed by atoms with Crippen LogP contribution in [0.15, 0.2) is 0 Å². The predicted molar refractivity (Wildman–Crippen MR) is 71.3 cm³/mol. The van der Waals surface area contributed by atoms with Gasteiger partial charge in [-0.2, -0.15) is 12.6 Å². The molecule has 0 fully saturated rings. The first-order valence-corrected chi connectivity index (χ1v) is 6.29. The van der Waals surface area contributed by atoms with Gasteiger partial charge in [-0.25, -0.2) is 0 Å². The van der Waals surface area contributed by atoms with E-state index in [-0.39, 0.29) is 35.1 Å². The molecule has 6 N–H and O–H groups in total. The summed E-state index contributed by atoms with van der Waals surface area (Å²) in [6.07, 6.45) is -0.235. The summed E-state index contributed by atoms with van der Waals surface area (Å²) < 4.78 is 0. The van der Waals surface area contributed by atoms with E-state index in [1.54, 1.807) is 0 Å². The summed E-state index contributed by atoms with van der Waals surface area (Å²) in [6, 6.07) is -2.15. The van der Waals surface area contributed by atoms with Gasteiger partial charge in [0.05, 0.1) is 0 Å². The molecule has 0 aromatic rings. The van der Waals surface area contributed by atoms with Crippen molar-refractivity contribution in [2.45, 2.75) is 24.9 Å². The quantitative estimate of drug-likeness (QED) is 0.199. The fraction of sp³-hybridized carbons (Fsp3) is 0.600. The zero-order valence-electron chi connectivity index (χ0n) is 10.9. The van der Waals surface area contributed by atoms with Crippen molar-refractivity contribution in [1.82, 2.24) is 10.6 Å². The van der Waals surface area contributed by atoms with Gasteiger partial charge in [0.2, 0.25) is 11.8 Å². The predicted octanol–water partition coefficient (Wildman–Crippen LogP) is -2.21. The van der Waals surface area contributed by atoms with Crippen LogP contribution in [-0.2, 0) is 35.7 Å². The van der Waals surface area contributed by atoms with Gasteiger partial charge in [-0.1, -0.05) is 0 Å². The summed E-state index contributed by atoms with van der Waals surface area (Å²) >= 11 is 3.87. The van der Waals surface area contributed by atoms with Crippen LogP contribution in [0.25, 0.3) is 0 Å². The molecule has 0 heterocycles. The average Bonchev–Trinajstić information content (AvgIpc) is 2.38. The van der Waals surface area contributed by atoms with Gasteiger partial charge in [0.15, 0.2) is 0 Å². The molecule has 2 amide bonds. The zero-order chi connectivity index (χ0) is 15.7. The summed E-state index contributed by atoms with van der Waals surface area (Å²) in [5, 5.41) is 21.4. The van der Waals surface area contributed by atoms with Crippen LogP contribution in [0.2, 0.25) is 0 Å². The van der Waals surface area contributed by atoms with E-state index in [0.29, 0.717) is 0 Å². The van der Waals surface area contributed by atoms with Crippen molar-refractivity contribution in [1.29, 1.82) is 0 Å². The third-order valence-corrected chi connectivity index (χ3v) is 2.61. The van der Waals surface area contributed by atoms with Gasteiger partial charge in [-0.3, -0.25) is 19.2 Å². The standard InChI is InChI=1S/C10H17N3O6S.Ni/c11-5(10(18)19)1-2-7(14)13-6(4-20)9(17)12-3-8(15)16;/h5-6,20H,1-4,11H2,(H,12,17)(H,13,14)(H,15,16)(H,18,19);/t5-,6-;/m0./s1. The van der Waals surface area contributed by atoms with Gasteiger partial charge in [0.25, 0.3) is 0 Å². The molecule has 0 aliphatic carbocycles. The Morgan fingerprint density at radius 3 is 2.19 bits per heavy atom. The molecule has 0 bridgehead atoms. The van der Waals surface area contributed by atoms with Crippen LogP contribution in [-0.4, -0.2) is 58.3 Å². The minimum absolute atomic E-state index is 0. The van der Waals surface area contributed by atoms with Crippen LogP contribution < -0.4 is 16.4 Å². The minimum atomic E-state index is -1.22. The fourth-order valence-corrected chi connectivity index (χ4v) is 1.41. The molecule has 0 radical (unpaired) electrons. The number of aliphatic carboxylic acids is 2. The Balaban J connectivity index is 0. The Hall–Kier alpha value is -1.32. The van der Waals surface area contributed by atoms with Gasteiger partial charge in [-0.15, -0.1) is 0 Å². The summed E-state index contributed by atoms with van der Waals surface area (Å²) in [4.78, 5) is 43.7. The zero-order valence-corrected chi connectivity index (χ0v) is 12.7. The van der Waals surface area contributed by atoms with Crippen LogP contribution in [0, 0.1) is 0 Å². The van der Waals surface area contributed by atoms with E-state index in [4.69, 9.17) is 15.9 Å². The first kappa shape index (κ1) is 22.0. The molecule has 2 atom stereocenters. The Kier molecular flexibility index (Phi) is 11.9. The second-order valence-electron chi connectivity index (χ2n) is 3.90. The topological polar surface area (TPSA) is 159 Å². The Bertz CT molecular complexity index is 395. The minimum Gasteiger partial charge on any atom is -0.480 e. The molecule has 0 aromatic heterocycles. The van der Waals surface area contributed by atoms with Crippen molar-refractivity contribution in [3.63, 3.8) is 0 Å². The summed E-state index contributed by atoms with van der Waals surface area (Å²) in [5.74, 6) is -3.70. The van der Waals surface area contributed by atoms with E-state index in [0.717, 1.165) is 0 Å². The Labute approximate surface area is 136 Å². The van der Waals surface area contributed by atoms with E-state index < -0.39 is 42.4 Å². The number of carbonyl (C=O) groups excluding carboxylic acids is 2. The first-order valence-electron chi connectivity index (χ1n) is 5.66. The third-order valence-electron chi connectivity index (χ3n) is 2.25. The van der Waals surface area contributed by atoms with Crippen molar-refractivity contribution in [3.8, 4) is 0 Å². The smallest absolute Gasteiger partial charge is 0.322 e. The van der Waals surface area contributed by atoms with Crippen molar-refractivity contribution >= 4 is 36.4 Å². The number of nitrogens with one attached hydrogen (secondary N) is 2. The van der Waals surface area contributed by atoms with E-state index in [1.807, 2.05) is 0 Å². The number of carboxylic acid groups (broad SMARTS) is 2. The van der Waals surface area contributed by atoms with Gasteiger partial charge in [-0.05, 0) is 6.42 Å². The molecule has 0 aliphatic heterocycles.